The summed E-state index contributed by atoms with van der Waals surface area (Å²) in [6, 6.07) is 14.5. The number of benzene rings is 1. The average Bonchev–Trinajstić information content (AvgIpc) is 3.41. The van der Waals surface area contributed by atoms with Crippen molar-refractivity contribution in [1.82, 2.24) is 24.9 Å². The first-order valence-corrected chi connectivity index (χ1v) is 10.8. The standard InChI is InChI=1S/C24H19ClN6O2/c1-14-9-17(11-19(25)28-14)20-21(16-4-2-3-15(10-16)12-26)30-31-8-5-18(29-22(20)31)23(32)27-13-24(33)6-7-24/h2-5,8-11,33H,6-7,13H2,1H3,(H,27,32). The monoisotopic (exact) mass is 458 g/mol. The van der Waals surface area contributed by atoms with E-state index in [-0.39, 0.29) is 18.1 Å². The van der Waals surface area contributed by atoms with E-state index in [1.165, 1.54) is 0 Å². The Labute approximate surface area is 194 Å². The van der Waals surface area contributed by atoms with Crippen molar-refractivity contribution < 1.29 is 9.90 Å². The second-order valence-corrected chi connectivity index (χ2v) is 8.61. The summed E-state index contributed by atoms with van der Waals surface area (Å²) in [6.07, 6.45) is 3.03. The molecule has 5 rings (SSSR count). The van der Waals surface area contributed by atoms with Crippen LogP contribution in [0.3, 0.4) is 0 Å². The number of aryl methyl sites for hydroxylation is 1. The van der Waals surface area contributed by atoms with Crippen molar-refractivity contribution in [1.29, 1.82) is 5.26 Å². The van der Waals surface area contributed by atoms with Crippen LogP contribution in [-0.2, 0) is 0 Å². The van der Waals surface area contributed by atoms with Gasteiger partial charge in [-0.2, -0.15) is 10.4 Å². The number of aliphatic hydroxyl groups is 1. The third-order valence-corrected chi connectivity index (χ3v) is 5.79. The van der Waals surface area contributed by atoms with E-state index in [2.05, 4.69) is 21.4 Å². The number of carbonyl (C=O) groups excluding carboxylic acids is 1. The Balaban J connectivity index is 1.67. The minimum Gasteiger partial charge on any atom is -0.388 e. The number of amides is 1. The molecule has 0 atom stereocenters. The lowest BCUT2D eigenvalue weighted by molar-refractivity contribution is 0.0891. The predicted octanol–water partition coefficient (Wildman–Crippen LogP) is 3.55. The summed E-state index contributed by atoms with van der Waals surface area (Å²) >= 11 is 6.25. The molecule has 4 aromatic rings. The molecule has 1 aromatic carbocycles. The van der Waals surface area contributed by atoms with Gasteiger partial charge in [0, 0.05) is 24.0 Å². The van der Waals surface area contributed by atoms with Crippen LogP contribution in [0.5, 0.6) is 0 Å². The second kappa shape index (κ2) is 7.96. The topological polar surface area (TPSA) is 116 Å². The Kier molecular flexibility index (Phi) is 5.08. The Morgan fingerprint density at radius 3 is 2.79 bits per heavy atom. The van der Waals surface area contributed by atoms with E-state index in [4.69, 9.17) is 16.7 Å². The van der Waals surface area contributed by atoms with Crippen LogP contribution >= 0.6 is 11.6 Å². The van der Waals surface area contributed by atoms with Crippen LogP contribution in [0.2, 0.25) is 5.15 Å². The molecule has 8 nitrogen and oxygen atoms in total. The molecule has 1 amide bonds. The lowest BCUT2D eigenvalue weighted by atomic mass is 10.00. The van der Waals surface area contributed by atoms with Gasteiger partial charge in [-0.25, -0.2) is 14.5 Å². The highest BCUT2D eigenvalue weighted by molar-refractivity contribution is 6.29. The van der Waals surface area contributed by atoms with E-state index in [0.29, 0.717) is 40.5 Å². The van der Waals surface area contributed by atoms with Crippen molar-refractivity contribution in [3.8, 4) is 28.5 Å². The number of halogens is 1. The van der Waals surface area contributed by atoms with Gasteiger partial charge in [0.2, 0.25) is 0 Å². The minimum absolute atomic E-state index is 0.191. The molecule has 3 aromatic heterocycles. The molecule has 0 saturated heterocycles. The van der Waals surface area contributed by atoms with Crippen LogP contribution in [0.15, 0.2) is 48.7 Å². The van der Waals surface area contributed by atoms with Crippen molar-refractivity contribution in [3.63, 3.8) is 0 Å². The fraction of sp³-hybridized carbons (Fsp3) is 0.208. The van der Waals surface area contributed by atoms with Gasteiger partial charge in [0.15, 0.2) is 5.65 Å². The fourth-order valence-electron chi connectivity index (χ4n) is 3.69. The number of nitriles is 1. The normalized spacial score (nSPS) is 14.1. The second-order valence-electron chi connectivity index (χ2n) is 8.22. The zero-order chi connectivity index (χ0) is 23.2. The number of nitrogens with one attached hydrogen (secondary N) is 1. The highest BCUT2D eigenvalue weighted by Crippen LogP contribution is 2.36. The van der Waals surface area contributed by atoms with Crippen LogP contribution < -0.4 is 5.32 Å². The highest BCUT2D eigenvalue weighted by atomic mass is 35.5. The van der Waals surface area contributed by atoms with Crippen LogP contribution in [0.25, 0.3) is 28.0 Å². The molecule has 3 heterocycles. The van der Waals surface area contributed by atoms with Crippen molar-refractivity contribution in [2.24, 2.45) is 0 Å². The van der Waals surface area contributed by atoms with E-state index in [1.54, 1.807) is 41.0 Å². The summed E-state index contributed by atoms with van der Waals surface area (Å²) in [6.45, 7) is 2.03. The molecular formula is C24H19ClN6O2. The summed E-state index contributed by atoms with van der Waals surface area (Å²) in [5, 5.41) is 27.1. The minimum atomic E-state index is -0.800. The van der Waals surface area contributed by atoms with Gasteiger partial charge in [-0.15, -0.1) is 0 Å². The maximum atomic E-state index is 12.7. The molecule has 164 valence electrons. The van der Waals surface area contributed by atoms with E-state index >= 15 is 0 Å². The smallest absolute Gasteiger partial charge is 0.270 e. The van der Waals surface area contributed by atoms with Crippen LogP contribution in [0.4, 0.5) is 0 Å². The van der Waals surface area contributed by atoms with Crippen molar-refractivity contribution >= 4 is 23.2 Å². The zero-order valence-electron chi connectivity index (χ0n) is 17.7. The quantitative estimate of drug-likeness (QED) is 0.442. The van der Waals surface area contributed by atoms with Gasteiger partial charge in [0.05, 0.1) is 22.8 Å². The number of nitrogens with zero attached hydrogens (tertiary/aromatic N) is 5. The third kappa shape index (κ3) is 4.16. The first kappa shape index (κ1) is 21.1. The molecule has 1 aliphatic rings. The number of pyridine rings is 1. The maximum absolute atomic E-state index is 12.7. The first-order chi connectivity index (χ1) is 15.8. The Bertz CT molecular complexity index is 1430. The number of hydrogen-bond donors (Lipinski definition) is 2. The summed E-state index contributed by atoms with van der Waals surface area (Å²) in [4.78, 5) is 21.5. The number of hydrogen-bond acceptors (Lipinski definition) is 6. The van der Waals surface area contributed by atoms with E-state index in [1.807, 2.05) is 19.1 Å². The maximum Gasteiger partial charge on any atom is 0.270 e. The number of carbonyl (C=O) groups is 1. The van der Waals surface area contributed by atoms with Gasteiger partial charge in [0.1, 0.15) is 16.5 Å². The number of aromatic nitrogens is 4. The molecule has 33 heavy (non-hydrogen) atoms. The molecule has 0 spiro atoms. The average molecular weight is 459 g/mol. The lowest BCUT2D eigenvalue weighted by Crippen LogP contribution is -2.33. The van der Waals surface area contributed by atoms with Crippen LogP contribution in [-0.4, -0.2) is 42.7 Å². The summed E-state index contributed by atoms with van der Waals surface area (Å²) < 4.78 is 1.60. The van der Waals surface area contributed by atoms with Gasteiger partial charge >= 0.3 is 0 Å². The molecular weight excluding hydrogens is 440 g/mol. The number of rotatable bonds is 5. The van der Waals surface area contributed by atoms with Gasteiger partial charge in [-0.05, 0) is 55.7 Å². The molecule has 0 bridgehead atoms. The highest BCUT2D eigenvalue weighted by Gasteiger charge is 2.40. The van der Waals surface area contributed by atoms with E-state index in [9.17, 15) is 15.2 Å². The van der Waals surface area contributed by atoms with Crippen LogP contribution in [0, 0.1) is 18.3 Å². The van der Waals surface area contributed by atoms with Crippen LogP contribution in [0.1, 0.15) is 34.6 Å². The molecule has 9 heteroatoms. The van der Waals surface area contributed by atoms with Crippen molar-refractivity contribution in [2.45, 2.75) is 25.4 Å². The molecule has 1 saturated carbocycles. The Morgan fingerprint density at radius 2 is 2.06 bits per heavy atom. The zero-order valence-corrected chi connectivity index (χ0v) is 18.5. The summed E-state index contributed by atoms with van der Waals surface area (Å²) in [7, 11) is 0. The van der Waals surface area contributed by atoms with Crippen molar-refractivity contribution in [3.05, 3.63) is 70.8 Å². The molecule has 1 aliphatic carbocycles. The summed E-state index contributed by atoms with van der Waals surface area (Å²) in [5.74, 6) is -0.373. The van der Waals surface area contributed by atoms with Gasteiger partial charge < -0.3 is 10.4 Å². The molecule has 1 fully saturated rings. The number of fused-ring (bicyclic) bond motifs is 1. The Hall–Kier alpha value is -3.80. The largest absolute Gasteiger partial charge is 0.388 e. The SMILES string of the molecule is Cc1cc(-c2c(-c3cccc(C#N)c3)nn3ccc(C(=O)NCC4(O)CC4)nc23)cc(Cl)n1. The van der Waals surface area contributed by atoms with E-state index in [0.717, 1.165) is 16.8 Å². The van der Waals surface area contributed by atoms with E-state index < -0.39 is 5.60 Å². The third-order valence-electron chi connectivity index (χ3n) is 5.60. The van der Waals surface area contributed by atoms with Gasteiger partial charge in [0.25, 0.3) is 5.91 Å². The van der Waals surface area contributed by atoms with Gasteiger partial charge in [-0.3, -0.25) is 4.79 Å². The summed E-state index contributed by atoms with van der Waals surface area (Å²) in [5.41, 5.74) is 3.86. The molecule has 2 N–H and O–H groups in total. The Morgan fingerprint density at radius 1 is 1.24 bits per heavy atom. The van der Waals surface area contributed by atoms with Gasteiger partial charge in [-0.1, -0.05) is 23.7 Å². The molecule has 0 unspecified atom stereocenters. The molecule has 0 aliphatic heterocycles. The molecule has 0 radical (unpaired) electrons. The van der Waals surface area contributed by atoms with Crippen molar-refractivity contribution in [2.75, 3.05) is 6.54 Å². The predicted molar refractivity (Wildman–Crippen MR) is 123 cm³/mol. The first-order valence-electron chi connectivity index (χ1n) is 10.4. The fourth-order valence-corrected chi connectivity index (χ4v) is 3.94. The lowest BCUT2D eigenvalue weighted by Gasteiger charge is -2.09.